The number of hydrogen-bond donors (Lipinski definition) is 0. The van der Waals surface area contributed by atoms with E-state index in [1.54, 1.807) is 0 Å². The number of benzene rings is 11. The maximum atomic E-state index is 2.52. The summed E-state index contributed by atoms with van der Waals surface area (Å²) in [7, 11) is -2.91. The van der Waals surface area contributed by atoms with Crippen LogP contribution in [0.1, 0.15) is 0 Å². The van der Waals surface area contributed by atoms with Gasteiger partial charge in [-0.05, 0) is 114 Å². The fourth-order valence-electron chi connectivity index (χ4n) is 10.3. The molecule has 12 rings (SSSR count). The molecular formula is C66H47NSSi. The second-order valence-corrected chi connectivity index (χ2v) is 22.5. The summed E-state index contributed by atoms with van der Waals surface area (Å²) in [5.41, 5.74) is 12.9. The summed E-state index contributed by atoms with van der Waals surface area (Å²) in [4.78, 5) is 2.37. The molecule has 0 atom stereocenters. The summed E-state index contributed by atoms with van der Waals surface area (Å²) < 4.78 is 2.62. The molecule has 326 valence electrons. The van der Waals surface area contributed by atoms with E-state index in [0.29, 0.717) is 0 Å². The van der Waals surface area contributed by atoms with Crippen LogP contribution in [0.15, 0.2) is 285 Å². The standard InChI is InChI=1S/C66H47NSSi/c1-6-19-48(20-7-1)50-33-39-55(40-34-50)67(56-41-35-51(36-42-56)49-21-8-2-9-22-49)57-43-37-52(38-44-57)53-45-54(62-30-18-31-64-63-29-16-17-32-65(63)68-66(62)64)47-61(46-53)69(58-23-10-3-11-24-58,59-25-12-4-13-26-59)60-27-14-5-15-28-60/h1-47H. The van der Waals surface area contributed by atoms with Gasteiger partial charge in [-0.2, -0.15) is 0 Å². The Morgan fingerprint density at radius 2 is 0.638 bits per heavy atom. The van der Waals surface area contributed by atoms with Crippen molar-refractivity contribution in [2.24, 2.45) is 0 Å². The van der Waals surface area contributed by atoms with E-state index in [9.17, 15) is 0 Å². The molecule has 1 nitrogen and oxygen atoms in total. The Labute approximate surface area is 409 Å². The van der Waals surface area contributed by atoms with Gasteiger partial charge in [0.15, 0.2) is 8.07 Å². The summed E-state index contributed by atoms with van der Waals surface area (Å²) in [6.45, 7) is 0. The number of thiophene rings is 1. The first kappa shape index (κ1) is 42.0. The van der Waals surface area contributed by atoms with E-state index in [1.165, 1.54) is 85.4 Å². The highest BCUT2D eigenvalue weighted by molar-refractivity contribution is 7.26. The first-order valence-corrected chi connectivity index (χ1v) is 26.5. The quantitative estimate of drug-likeness (QED) is 0.0923. The van der Waals surface area contributed by atoms with Crippen molar-refractivity contribution in [3.8, 4) is 44.5 Å². The van der Waals surface area contributed by atoms with E-state index < -0.39 is 8.07 Å². The topological polar surface area (TPSA) is 3.24 Å². The summed E-state index contributed by atoms with van der Waals surface area (Å²) in [6.07, 6.45) is 0. The van der Waals surface area contributed by atoms with Crippen LogP contribution < -0.4 is 25.6 Å². The second-order valence-electron chi connectivity index (χ2n) is 17.6. The molecule has 0 aliphatic rings. The summed E-state index contributed by atoms with van der Waals surface area (Å²) in [5.74, 6) is 0. The van der Waals surface area contributed by atoms with Crippen molar-refractivity contribution in [2.75, 3.05) is 4.90 Å². The number of fused-ring (bicyclic) bond motifs is 3. The highest BCUT2D eigenvalue weighted by atomic mass is 32.1. The normalized spacial score (nSPS) is 11.5. The molecule has 0 N–H and O–H groups in total. The molecular weight excluding hydrogens is 867 g/mol. The smallest absolute Gasteiger partial charge is 0.179 e. The summed E-state index contributed by atoms with van der Waals surface area (Å²) in [6, 6.07) is 105. The molecule has 1 aromatic heterocycles. The zero-order valence-electron chi connectivity index (χ0n) is 38.0. The fraction of sp³-hybridized carbons (Fsp3) is 0. The zero-order valence-corrected chi connectivity index (χ0v) is 39.8. The van der Waals surface area contributed by atoms with Gasteiger partial charge in [0.1, 0.15) is 0 Å². The van der Waals surface area contributed by atoms with Gasteiger partial charge < -0.3 is 4.90 Å². The monoisotopic (exact) mass is 913 g/mol. The Morgan fingerprint density at radius 3 is 1.12 bits per heavy atom. The van der Waals surface area contributed by atoms with Gasteiger partial charge in [-0.15, -0.1) is 11.3 Å². The zero-order chi connectivity index (χ0) is 46.0. The lowest BCUT2D eigenvalue weighted by Crippen LogP contribution is -2.74. The van der Waals surface area contributed by atoms with Gasteiger partial charge in [-0.1, -0.05) is 237 Å². The van der Waals surface area contributed by atoms with E-state index in [1.807, 2.05) is 11.3 Å². The van der Waals surface area contributed by atoms with Gasteiger partial charge in [0, 0.05) is 37.2 Å². The molecule has 12 aromatic rings. The third-order valence-corrected chi connectivity index (χ3v) is 19.6. The van der Waals surface area contributed by atoms with Crippen LogP contribution >= 0.6 is 11.3 Å². The molecule has 1 heterocycles. The van der Waals surface area contributed by atoms with Crippen molar-refractivity contribution in [3.63, 3.8) is 0 Å². The lowest BCUT2D eigenvalue weighted by molar-refractivity contribution is 1.28. The molecule has 0 aliphatic carbocycles. The van der Waals surface area contributed by atoms with Gasteiger partial charge in [0.2, 0.25) is 0 Å². The molecule has 0 radical (unpaired) electrons. The van der Waals surface area contributed by atoms with Crippen molar-refractivity contribution >= 4 is 77.4 Å². The molecule has 0 saturated heterocycles. The number of anilines is 3. The van der Waals surface area contributed by atoms with Crippen LogP contribution in [0.25, 0.3) is 64.7 Å². The van der Waals surface area contributed by atoms with Crippen LogP contribution in [0, 0.1) is 0 Å². The van der Waals surface area contributed by atoms with Crippen molar-refractivity contribution in [1.82, 2.24) is 0 Å². The highest BCUT2D eigenvalue weighted by Crippen LogP contribution is 2.42. The minimum atomic E-state index is -2.91. The van der Waals surface area contributed by atoms with Gasteiger partial charge >= 0.3 is 0 Å². The average molecular weight is 914 g/mol. The Balaban J connectivity index is 1.05. The molecule has 0 fully saturated rings. The lowest BCUT2D eigenvalue weighted by atomic mass is 9.97. The fourth-order valence-corrected chi connectivity index (χ4v) is 16.4. The predicted molar refractivity (Wildman–Crippen MR) is 299 cm³/mol. The first-order valence-electron chi connectivity index (χ1n) is 23.7. The third-order valence-electron chi connectivity index (χ3n) is 13.6. The van der Waals surface area contributed by atoms with Crippen LogP contribution in [0.3, 0.4) is 0 Å². The van der Waals surface area contributed by atoms with Crippen LogP contribution in [-0.4, -0.2) is 8.07 Å². The molecule has 0 spiro atoms. The maximum absolute atomic E-state index is 2.91. The number of hydrogen-bond acceptors (Lipinski definition) is 2. The van der Waals surface area contributed by atoms with Gasteiger partial charge in [-0.3, -0.25) is 0 Å². The lowest BCUT2D eigenvalue weighted by Gasteiger charge is -2.35. The summed E-state index contributed by atoms with van der Waals surface area (Å²) >= 11 is 1.89. The largest absolute Gasteiger partial charge is 0.311 e. The highest BCUT2D eigenvalue weighted by Gasteiger charge is 2.42. The van der Waals surface area contributed by atoms with Crippen molar-refractivity contribution < 1.29 is 0 Å². The number of nitrogens with zero attached hydrogens (tertiary/aromatic N) is 1. The first-order chi connectivity index (χ1) is 34.2. The maximum Gasteiger partial charge on any atom is 0.179 e. The van der Waals surface area contributed by atoms with Gasteiger partial charge in [-0.25, -0.2) is 0 Å². The molecule has 0 aliphatic heterocycles. The van der Waals surface area contributed by atoms with E-state index in [-0.39, 0.29) is 0 Å². The molecule has 0 unspecified atom stereocenters. The molecule has 11 aromatic carbocycles. The van der Waals surface area contributed by atoms with Crippen LogP contribution in [0.4, 0.5) is 17.1 Å². The van der Waals surface area contributed by atoms with Crippen LogP contribution in [0.2, 0.25) is 0 Å². The minimum Gasteiger partial charge on any atom is -0.311 e. The summed E-state index contributed by atoms with van der Waals surface area (Å²) in [5, 5.41) is 8.02. The van der Waals surface area contributed by atoms with Gasteiger partial charge in [0.05, 0.1) is 0 Å². The van der Waals surface area contributed by atoms with Crippen molar-refractivity contribution in [3.05, 3.63) is 285 Å². The van der Waals surface area contributed by atoms with E-state index in [2.05, 4.69) is 290 Å². The van der Waals surface area contributed by atoms with Crippen molar-refractivity contribution in [2.45, 2.75) is 0 Å². The van der Waals surface area contributed by atoms with Crippen molar-refractivity contribution in [1.29, 1.82) is 0 Å². The third kappa shape index (κ3) is 7.88. The minimum absolute atomic E-state index is 1.09. The van der Waals surface area contributed by atoms with Gasteiger partial charge in [0.25, 0.3) is 0 Å². The molecule has 3 heteroatoms. The molecule has 69 heavy (non-hydrogen) atoms. The second kappa shape index (κ2) is 18.4. The number of rotatable bonds is 11. The molecule has 0 amide bonds. The van der Waals surface area contributed by atoms with E-state index in [4.69, 9.17) is 0 Å². The Morgan fingerprint density at radius 1 is 0.261 bits per heavy atom. The Kier molecular flexibility index (Phi) is 11.2. The SMILES string of the molecule is c1ccc(-c2ccc(N(c3ccc(-c4ccccc4)cc3)c3ccc(-c4cc(-c5cccc6c5sc5ccccc56)cc([Si](c5ccccc5)(c5ccccc5)c5ccccc5)c4)cc3)cc2)cc1. The van der Waals surface area contributed by atoms with Crippen LogP contribution in [-0.2, 0) is 0 Å². The Bertz CT molecular complexity index is 3490. The van der Waals surface area contributed by atoms with E-state index in [0.717, 1.165) is 17.1 Å². The predicted octanol–water partition coefficient (Wildman–Crippen LogP) is 15.6. The molecule has 0 saturated carbocycles. The molecule has 0 bridgehead atoms. The average Bonchev–Trinajstić information content (AvgIpc) is 3.82. The van der Waals surface area contributed by atoms with E-state index >= 15 is 0 Å². The van der Waals surface area contributed by atoms with Crippen LogP contribution in [0.5, 0.6) is 0 Å². The Hall–Kier alpha value is -8.34.